The lowest BCUT2D eigenvalue weighted by Gasteiger charge is -2.20. The van der Waals surface area contributed by atoms with Crippen LogP contribution in [0.1, 0.15) is 24.1 Å². The fraction of sp³-hybridized carbons (Fsp3) is 0.500. The van der Waals surface area contributed by atoms with Gasteiger partial charge in [0.15, 0.2) is 0 Å². The van der Waals surface area contributed by atoms with Crippen molar-refractivity contribution in [2.45, 2.75) is 19.4 Å². The van der Waals surface area contributed by atoms with Gasteiger partial charge in [-0.05, 0) is 5.56 Å². The number of aromatic nitrogens is 2. The molecule has 0 amide bonds. The van der Waals surface area contributed by atoms with E-state index in [4.69, 9.17) is 0 Å². The highest BCUT2D eigenvalue weighted by atomic mass is 16.1. The van der Waals surface area contributed by atoms with E-state index in [1.54, 1.807) is 6.07 Å². The van der Waals surface area contributed by atoms with Gasteiger partial charge in [0.2, 0.25) is 0 Å². The van der Waals surface area contributed by atoms with Gasteiger partial charge in [-0.3, -0.25) is 4.79 Å². The van der Waals surface area contributed by atoms with Crippen molar-refractivity contribution >= 4 is 0 Å². The molecular weight excluding hydrogens is 154 g/mol. The van der Waals surface area contributed by atoms with Crippen LogP contribution in [0.25, 0.3) is 0 Å². The van der Waals surface area contributed by atoms with Crippen LogP contribution in [0, 0.1) is 0 Å². The maximum absolute atomic E-state index is 10.9. The summed E-state index contributed by atoms with van der Waals surface area (Å²) in [6.07, 6.45) is 0. The van der Waals surface area contributed by atoms with Gasteiger partial charge in [0.25, 0.3) is 5.56 Å². The predicted molar refractivity (Wildman–Crippen MR) is 45.0 cm³/mol. The van der Waals surface area contributed by atoms with Crippen molar-refractivity contribution in [3.8, 4) is 0 Å². The summed E-state index contributed by atoms with van der Waals surface area (Å²) in [5.74, 6) is 0.394. The molecule has 1 aliphatic heterocycles. The molecule has 12 heavy (non-hydrogen) atoms. The van der Waals surface area contributed by atoms with Crippen LogP contribution in [0.2, 0.25) is 0 Å². The maximum Gasteiger partial charge on any atom is 0.264 e. The second-order valence-electron chi connectivity index (χ2n) is 3.17. The monoisotopic (exact) mass is 165 g/mol. The zero-order valence-electron chi connectivity index (χ0n) is 6.92. The number of aromatic amines is 1. The van der Waals surface area contributed by atoms with Gasteiger partial charge in [-0.25, -0.2) is 5.10 Å². The van der Waals surface area contributed by atoms with Crippen molar-refractivity contribution in [3.63, 3.8) is 0 Å². The molecule has 2 heterocycles. The Morgan fingerprint density at radius 2 is 2.50 bits per heavy atom. The van der Waals surface area contributed by atoms with Gasteiger partial charge in [-0.1, -0.05) is 6.92 Å². The second kappa shape index (κ2) is 2.71. The lowest BCUT2D eigenvalue weighted by atomic mass is 9.99. The molecule has 2 rings (SSSR count). The molecule has 1 aromatic heterocycles. The van der Waals surface area contributed by atoms with Crippen LogP contribution in [-0.2, 0) is 6.54 Å². The standard InChI is InChI=1S/C8H11N3O/c1-5-3-9-4-6-2-7(12)10-11-8(5)6/h2,5,9H,3-4H2,1H3,(H,10,12). The number of nitrogens with zero attached hydrogens (tertiary/aromatic N) is 1. The molecule has 0 bridgehead atoms. The average Bonchev–Trinajstić information content (AvgIpc) is 2.04. The first-order chi connectivity index (χ1) is 5.77. The molecule has 1 aromatic rings. The second-order valence-corrected chi connectivity index (χ2v) is 3.17. The number of nitrogens with one attached hydrogen (secondary N) is 2. The molecule has 1 unspecified atom stereocenters. The summed E-state index contributed by atoms with van der Waals surface area (Å²) < 4.78 is 0. The molecular formula is C8H11N3O. The Balaban J connectivity index is 2.53. The number of H-pyrrole nitrogens is 1. The summed E-state index contributed by atoms with van der Waals surface area (Å²) in [5.41, 5.74) is 1.93. The fourth-order valence-corrected chi connectivity index (χ4v) is 1.54. The van der Waals surface area contributed by atoms with Gasteiger partial charge >= 0.3 is 0 Å². The summed E-state index contributed by atoms with van der Waals surface area (Å²) in [4.78, 5) is 10.9. The van der Waals surface area contributed by atoms with E-state index in [0.29, 0.717) is 5.92 Å². The smallest absolute Gasteiger partial charge is 0.264 e. The van der Waals surface area contributed by atoms with E-state index in [1.807, 2.05) is 0 Å². The minimum atomic E-state index is -0.121. The Kier molecular flexibility index (Phi) is 1.69. The molecule has 0 fully saturated rings. The van der Waals surface area contributed by atoms with E-state index in [2.05, 4.69) is 22.4 Å². The maximum atomic E-state index is 10.9. The Labute approximate surface area is 70.0 Å². The Morgan fingerprint density at radius 3 is 3.33 bits per heavy atom. The fourth-order valence-electron chi connectivity index (χ4n) is 1.54. The summed E-state index contributed by atoms with van der Waals surface area (Å²) >= 11 is 0. The molecule has 1 aliphatic rings. The van der Waals surface area contributed by atoms with Gasteiger partial charge in [0, 0.05) is 25.1 Å². The lowest BCUT2D eigenvalue weighted by molar-refractivity contribution is 0.546. The van der Waals surface area contributed by atoms with Gasteiger partial charge in [0.05, 0.1) is 5.69 Å². The summed E-state index contributed by atoms with van der Waals surface area (Å²) in [6, 6.07) is 1.62. The van der Waals surface area contributed by atoms with Gasteiger partial charge in [0.1, 0.15) is 0 Å². The third kappa shape index (κ3) is 1.14. The highest BCUT2D eigenvalue weighted by Gasteiger charge is 2.17. The highest BCUT2D eigenvalue weighted by molar-refractivity contribution is 5.23. The van der Waals surface area contributed by atoms with Crippen molar-refractivity contribution < 1.29 is 0 Å². The van der Waals surface area contributed by atoms with Crippen LogP contribution in [-0.4, -0.2) is 16.7 Å². The first kappa shape index (κ1) is 7.49. The van der Waals surface area contributed by atoms with Crippen LogP contribution in [0.3, 0.4) is 0 Å². The van der Waals surface area contributed by atoms with E-state index < -0.39 is 0 Å². The van der Waals surface area contributed by atoms with Crippen LogP contribution in [0.15, 0.2) is 10.9 Å². The van der Waals surface area contributed by atoms with E-state index in [1.165, 1.54) is 0 Å². The molecule has 0 spiro atoms. The molecule has 4 heteroatoms. The van der Waals surface area contributed by atoms with Crippen LogP contribution in [0.5, 0.6) is 0 Å². The van der Waals surface area contributed by atoms with Crippen molar-refractivity contribution in [1.82, 2.24) is 15.5 Å². The molecule has 0 saturated carbocycles. The highest BCUT2D eigenvalue weighted by Crippen LogP contribution is 2.18. The topological polar surface area (TPSA) is 57.8 Å². The molecule has 0 aromatic carbocycles. The zero-order valence-corrected chi connectivity index (χ0v) is 6.92. The predicted octanol–water partition coefficient (Wildman–Crippen LogP) is -0.0234. The third-order valence-corrected chi connectivity index (χ3v) is 2.15. The molecule has 4 nitrogen and oxygen atoms in total. The van der Waals surface area contributed by atoms with Crippen LogP contribution >= 0.6 is 0 Å². The molecule has 0 radical (unpaired) electrons. The largest absolute Gasteiger partial charge is 0.312 e. The molecule has 2 N–H and O–H groups in total. The SMILES string of the molecule is CC1CNCc2cc(=O)[nH]nc21. The van der Waals surface area contributed by atoms with Crippen LogP contribution < -0.4 is 10.9 Å². The summed E-state index contributed by atoms with van der Waals surface area (Å²) in [5, 5.41) is 9.70. The first-order valence-corrected chi connectivity index (χ1v) is 4.06. The molecule has 0 saturated heterocycles. The third-order valence-electron chi connectivity index (χ3n) is 2.15. The molecule has 1 atom stereocenters. The minimum absolute atomic E-state index is 0.121. The zero-order chi connectivity index (χ0) is 8.55. The Morgan fingerprint density at radius 1 is 1.67 bits per heavy atom. The van der Waals surface area contributed by atoms with E-state index in [-0.39, 0.29) is 5.56 Å². The quantitative estimate of drug-likeness (QED) is 0.568. The number of fused-ring (bicyclic) bond motifs is 1. The van der Waals surface area contributed by atoms with Gasteiger partial charge in [-0.15, -0.1) is 0 Å². The van der Waals surface area contributed by atoms with Gasteiger partial charge < -0.3 is 5.32 Å². The Hall–Kier alpha value is -1.16. The lowest BCUT2D eigenvalue weighted by Crippen LogP contribution is -2.29. The number of hydrogen-bond acceptors (Lipinski definition) is 3. The average molecular weight is 165 g/mol. The first-order valence-electron chi connectivity index (χ1n) is 4.06. The van der Waals surface area contributed by atoms with E-state index >= 15 is 0 Å². The number of hydrogen-bond donors (Lipinski definition) is 2. The summed E-state index contributed by atoms with van der Waals surface area (Å²) in [7, 11) is 0. The van der Waals surface area contributed by atoms with Crippen molar-refractivity contribution in [2.24, 2.45) is 0 Å². The van der Waals surface area contributed by atoms with Crippen LogP contribution in [0.4, 0.5) is 0 Å². The Bertz CT molecular complexity index is 344. The van der Waals surface area contributed by atoms with Crippen molar-refractivity contribution in [2.75, 3.05) is 6.54 Å². The number of rotatable bonds is 0. The van der Waals surface area contributed by atoms with Crippen molar-refractivity contribution in [3.05, 3.63) is 27.7 Å². The molecule has 0 aliphatic carbocycles. The minimum Gasteiger partial charge on any atom is -0.312 e. The van der Waals surface area contributed by atoms with E-state index in [9.17, 15) is 4.79 Å². The summed E-state index contributed by atoms with van der Waals surface area (Å²) in [6.45, 7) is 3.79. The molecule has 64 valence electrons. The normalized spacial score (nSPS) is 21.9. The van der Waals surface area contributed by atoms with Crippen molar-refractivity contribution in [1.29, 1.82) is 0 Å². The van der Waals surface area contributed by atoms with Gasteiger partial charge in [-0.2, -0.15) is 5.10 Å². The van der Waals surface area contributed by atoms with E-state index in [0.717, 1.165) is 24.3 Å².